The average molecular weight is 347 g/mol. The van der Waals surface area contributed by atoms with Gasteiger partial charge in [-0.15, -0.1) is 0 Å². The van der Waals surface area contributed by atoms with Crippen molar-refractivity contribution < 1.29 is 14.4 Å². The molecular weight excluding hydrogens is 326 g/mol. The van der Waals surface area contributed by atoms with E-state index in [0.717, 1.165) is 43.3 Å². The van der Waals surface area contributed by atoms with Crippen molar-refractivity contribution >= 4 is 28.8 Å². The third-order valence-corrected chi connectivity index (χ3v) is 5.39. The van der Waals surface area contributed by atoms with Gasteiger partial charge in [0.15, 0.2) is 0 Å². The summed E-state index contributed by atoms with van der Waals surface area (Å²) in [5, 5.41) is 3.08. The third-order valence-electron chi connectivity index (χ3n) is 4.53. The summed E-state index contributed by atoms with van der Waals surface area (Å²) in [6.07, 6.45) is 1.91. The number of rotatable bonds is 4. The van der Waals surface area contributed by atoms with Gasteiger partial charge in [0.1, 0.15) is 0 Å². The minimum absolute atomic E-state index is 0.0165. The van der Waals surface area contributed by atoms with E-state index in [1.807, 2.05) is 18.0 Å². The molecule has 0 bridgehead atoms. The van der Waals surface area contributed by atoms with Gasteiger partial charge in [-0.25, -0.2) is 0 Å². The smallest absolute Gasteiger partial charge is 0.289 e. The first kappa shape index (κ1) is 17.0. The Kier molecular flexibility index (Phi) is 5.20. The molecule has 0 radical (unpaired) electrons. The minimum atomic E-state index is -0.219. The molecule has 128 valence electrons. The SMILES string of the molecule is CN(C(=O)c1cccc(CN2C(=O)CSC2=O)c1)C1CCNCC1. The maximum atomic E-state index is 12.7. The van der Waals surface area contributed by atoms with Crippen LogP contribution in [0.25, 0.3) is 0 Å². The van der Waals surface area contributed by atoms with Crippen LogP contribution in [0.15, 0.2) is 24.3 Å². The first-order valence-electron chi connectivity index (χ1n) is 8.10. The Morgan fingerprint density at radius 1 is 1.33 bits per heavy atom. The molecule has 6 nitrogen and oxygen atoms in total. The lowest BCUT2D eigenvalue weighted by Crippen LogP contribution is -2.44. The van der Waals surface area contributed by atoms with Crippen LogP contribution in [-0.4, -0.2) is 58.8 Å². The summed E-state index contributed by atoms with van der Waals surface area (Å²) in [6, 6.07) is 7.46. The van der Waals surface area contributed by atoms with E-state index in [0.29, 0.717) is 5.56 Å². The zero-order valence-corrected chi connectivity index (χ0v) is 14.5. The Balaban J connectivity index is 1.71. The molecule has 3 amide bonds. The Bertz CT molecular complexity index is 642. The number of amides is 3. The molecule has 24 heavy (non-hydrogen) atoms. The molecule has 1 N–H and O–H groups in total. The highest BCUT2D eigenvalue weighted by atomic mass is 32.2. The average Bonchev–Trinajstić information content (AvgIpc) is 2.93. The fourth-order valence-electron chi connectivity index (χ4n) is 3.08. The van der Waals surface area contributed by atoms with Gasteiger partial charge in [0, 0.05) is 18.7 Å². The van der Waals surface area contributed by atoms with Gasteiger partial charge in [-0.3, -0.25) is 19.3 Å². The number of carbonyl (C=O) groups excluding carboxylic acids is 3. The lowest BCUT2D eigenvalue weighted by atomic mass is 10.0. The van der Waals surface area contributed by atoms with Gasteiger partial charge in [0.05, 0.1) is 12.3 Å². The number of piperidine rings is 1. The van der Waals surface area contributed by atoms with Crippen LogP contribution in [0.5, 0.6) is 0 Å². The standard InChI is InChI=1S/C17H21N3O3S/c1-19(14-5-7-18-8-6-14)16(22)13-4-2-3-12(9-13)10-20-15(21)11-24-17(20)23/h2-4,9,14,18H,5-8,10-11H2,1H3. The first-order valence-corrected chi connectivity index (χ1v) is 9.09. The van der Waals surface area contributed by atoms with Gasteiger partial charge in [0.25, 0.3) is 11.1 Å². The van der Waals surface area contributed by atoms with E-state index in [4.69, 9.17) is 0 Å². The summed E-state index contributed by atoms with van der Waals surface area (Å²) in [6.45, 7) is 2.08. The van der Waals surface area contributed by atoms with Gasteiger partial charge in [-0.1, -0.05) is 23.9 Å². The van der Waals surface area contributed by atoms with Gasteiger partial charge in [0.2, 0.25) is 5.91 Å². The first-order chi connectivity index (χ1) is 11.6. The number of nitrogens with zero attached hydrogens (tertiary/aromatic N) is 2. The molecule has 2 aliphatic rings. The number of benzene rings is 1. The lowest BCUT2D eigenvalue weighted by Gasteiger charge is -2.31. The molecule has 0 saturated carbocycles. The highest BCUT2D eigenvalue weighted by Crippen LogP contribution is 2.22. The molecule has 1 aromatic rings. The van der Waals surface area contributed by atoms with E-state index < -0.39 is 0 Å². The highest BCUT2D eigenvalue weighted by molar-refractivity contribution is 8.14. The van der Waals surface area contributed by atoms with Crippen LogP contribution in [-0.2, 0) is 11.3 Å². The monoisotopic (exact) mass is 347 g/mol. The van der Waals surface area contributed by atoms with E-state index in [9.17, 15) is 14.4 Å². The molecule has 0 unspecified atom stereocenters. The van der Waals surface area contributed by atoms with Crippen molar-refractivity contribution in [1.82, 2.24) is 15.1 Å². The van der Waals surface area contributed by atoms with Crippen LogP contribution in [0.3, 0.4) is 0 Å². The predicted octanol–water partition coefficient (Wildman–Crippen LogP) is 1.71. The van der Waals surface area contributed by atoms with Crippen molar-refractivity contribution in [1.29, 1.82) is 0 Å². The van der Waals surface area contributed by atoms with Crippen LogP contribution < -0.4 is 5.32 Å². The van der Waals surface area contributed by atoms with Gasteiger partial charge >= 0.3 is 0 Å². The molecule has 0 aromatic heterocycles. The Labute approximate surface area is 145 Å². The maximum Gasteiger partial charge on any atom is 0.289 e. The Morgan fingerprint density at radius 2 is 2.08 bits per heavy atom. The second kappa shape index (κ2) is 7.36. The van der Waals surface area contributed by atoms with Gasteiger partial charge in [-0.2, -0.15) is 0 Å². The van der Waals surface area contributed by atoms with Gasteiger partial charge < -0.3 is 10.2 Å². The zero-order chi connectivity index (χ0) is 17.1. The predicted molar refractivity (Wildman–Crippen MR) is 92.8 cm³/mol. The molecule has 2 saturated heterocycles. The van der Waals surface area contributed by atoms with Crippen molar-refractivity contribution in [2.24, 2.45) is 0 Å². The lowest BCUT2D eigenvalue weighted by molar-refractivity contribution is -0.125. The molecule has 1 aromatic carbocycles. The summed E-state index contributed by atoms with van der Waals surface area (Å²) in [4.78, 5) is 39.2. The van der Waals surface area contributed by atoms with Crippen LogP contribution in [0.4, 0.5) is 4.79 Å². The summed E-state index contributed by atoms with van der Waals surface area (Å²) in [5.41, 5.74) is 1.39. The van der Waals surface area contributed by atoms with E-state index in [1.165, 1.54) is 4.90 Å². The second-order valence-corrected chi connectivity index (χ2v) is 7.06. The van der Waals surface area contributed by atoms with E-state index in [1.54, 1.807) is 18.2 Å². The number of nitrogens with one attached hydrogen (secondary N) is 1. The molecule has 3 rings (SSSR count). The fraction of sp³-hybridized carbons (Fsp3) is 0.471. The molecule has 2 heterocycles. The van der Waals surface area contributed by atoms with E-state index in [2.05, 4.69) is 5.32 Å². The number of imide groups is 1. The topological polar surface area (TPSA) is 69.7 Å². The number of hydrogen-bond acceptors (Lipinski definition) is 5. The second-order valence-electron chi connectivity index (χ2n) is 6.13. The van der Waals surface area contributed by atoms with E-state index in [-0.39, 0.29) is 35.4 Å². The third kappa shape index (κ3) is 3.62. The molecule has 2 aliphatic heterocycles. The Morgan fingerprint density at radius 3 is 2.75 bits per heavy atom. The quantitative estimate of drug-likeness (QED) is 0.898. The minimum Gasteiger partial charge on any atom is -0.339 e. The maximum absolute atomic E-state index is 12.7. The van der Waals surface area contributed by atoms with Gasteiger partial charge in [-0.05, 0) is 43.6 Å². The van der Waals surface area contributed by atoms with Crippen molar-refractivity contribution in [3.8, 4) is 0 Å². The molecule has 0 aliphatic carbocycles. The normalized spacial score (nSPS) is 19.0. The molecule has 0 atom stereocenters. The van der Waals surface area contributed by atoms with Crippen molar-refractivity contribution in [3.63, 3.8) is 0 Å². The fourth-order valence-corrected chi connectivity index (χ4v) is 3.81. The summed E-state index contributed by atoms with van der Waals surface area (Å²) < 4.78 is 0. The van der Waals surface area contributed by atoms with Crippen molar-refractivity contribution in [2.45, 2.75) is 25.4 Å². The molecular formula is C17H21N3O3S. The van der Waals surface area contributed by atoms with Crippen molar-refractivity contribution in [3.05, 3.63) is 35.4 Å². The number of carbonyl (C=O) groups is 3. The van der Waals surface area contributed by atoms with Crippen LogP contribution >= 0.6 is 11.8 Å². The van der Waals surface area contributed by atoms with Crippen molar-refractivity contribution in [2.75, 3.05) is 25.9 Å². The molecule has 2 fully saturated rings. The summed E-state index contributed by atoms with van der Waals surface area (Å²) in [5.74, 6) is 0.0152. The molecule has 0 spiro atoms. The Hall–Kier alpha value is -1.86. The molecule has 7 heteroatoms. The van der Waals surface area contributed by atoms with Crippen LogP contribution in [0.1, 0.15) is 28.8 Å². The van der Waals surface area contributed by atoms with E-state index >= 15 is 0 Å². The van der Waals surface area contributed by atoms with Crippen LogP contribution in [0.2, 0.25) is 0 Å². The van der Waals surface area contributed by atoms with Crippen LogP contribution in [0, 0.1) is 0 Å². The zero-order valence-electron chi connectivity index (χ0n) is 13.7. The largest absolute Gasteiger partial charge is 0.339 e. The summed E-state index contributed by atoms with van der Waals surface area (Å²) >= 11 is 1.02. The summed E-state index contributed by atoms with van der Waals surface area (Å²) in [7, 11) is 1.84. The number of thioether (sulfide) groups is 1. The number of hydrogen-bond donors (Lipinski definition) is 1. The highest BCUT2D eigenvalue weighted by Gasteiger charge is 2.30.